The van der Waals surface area contributed by atoms with Crippen LogP contribution in [0.3, 0.4) is 0 Å². The quantitative estimate of drug-likeness (QED) is 0.656. The largest absolute Gasteiger partial charge is 0.496 e. The van der Waals surface area contributed by atoms with Crippen LogP contribution in [-0.2, 0) is 11.2 Å². The molecule has 0 bridgehead atoms. The van der Waals surface area contributed by atoms with Gasteiger partial charge in [0.1, 0.15) is 29.2 Å². The van der Waals surface area contributed by atoms with E-state index in [1.807, 2.05) is 13.0 Å². The number of nitriles is 1. The van der Waals surface area contributed by atoms with Crippen LogP contribution in [-0.4, -0.2) is 19.1 Å². The van der Waals surface area contributed by atoms with Gasteiger partial charge in [0, 0.05) is 17.5 Å². The second-order valence-corrected chi connectivity index (χ2v) is 4.37. The third-order valence-electron chi connectivity index (χ3n) is 2.93. The van der Waals surface area contributed by atoms with E-state index in [1.54, 1.807) is 12.1 Å². The first-order chi connectivity index (χ1) is 9.05. The zero-order chi connectivity index (χ0) is 14.0. The van der Waals surface area contributed by atoms with Gasteiger partial charge in [0.25, 0.3) is 5.91 Å². The fourth-order valence-electron chi connectivity index (χ4n) is 2.06. The first kappa shape index (κ1) is 13.0. The SMILES string of the molecule is COc1cc2c(cc1/C=C(\C#N)C(N)=O)OC(C)C2. The maximum absolute atomic E-state index is 11.1. The van der Waals surface area contributed by atoms with Crippen molar-refractivity contribution in [3.8, 4) is 17.6 Å². The molecule has 1 unspecified atom stereocenters. The molecule has 0 saturated carbocycles. The number of amides is 1. The summed E-state index contributed by atoms with van der Waals surface area (Å²) < 4.78 is 10.9. The topological polar surface area (TPSA) is 85.3 Å². The lowest BCUT2D eigenvalue weighted by atomic mass is 10.0. The number of carbonyl (C=O) groups excluding carboxylic acids is 1. The molecule has 1 aromatic carbocycles. The van der Waals surface area contributed by atoms with Crippen LogP contribution in [0.4, 0.5) is 0 Å². The molecule has 0 radical (unpaired) electrons. The lowest BCUT2D eigenvalue weighted by molar-refractivity contribution is -0.114. The second kappa shape index (κ2) is 5.02. The average molecular weight is 258 g/mol. The van der Waals surface area contributed by atoms with Gasteiger partial charge in [-0.15, -0.1) is 0 Å². The zero-order valence-corrected chi connectivity index (χ0v) is 10.8. The van der Waals surface area contributed by atoms with Crippen LogP contribution in [0.1, 0.15) is 18.1 Å². The van der Waals surface area contributed by atoms with Crippen LogP contribution in [0.5, 0.6) is 11.5 Å². The molecule has 1 atom stereocenters. The third-order valence-corrected chi connectivity index (χ3v) is 2.93. The number of rotatable bonds is 3. The van der Waals surface area contributed by atoms with Crippen LogP contribution < -0.4 is 15.2 Å². The molecule has 0 spiro atoms. The van der Waals surface area contributed by atoms with Crippen LogP contribution >= 0.6 is 0 Å². The van der Waals surface area contributed by atoms with E-state index in [0.717, 1.165) is 17.7 Å². The number of carbonyl (C=O) groups is 1. The van der Waals surface area contributed by atoms with Gasteiger partial charge in [-0.1, -0.05) is 0 Å². The molecule has 2 rings (SSSR count). The van der Waals surface area contributed by atoms with Crippen molar-refractivity contribution in [2.75, 3.05) is 7.11 Å². The summed E-state index contributed by atoms with van der Waals surface area (Å²) in [6.07, 6.45) is 2.34. The Labute approximate surface area is 111 Å². The molecule has 0 saturated heterocycles. The lowest BCUT2D eigenvalue weighted by Crippen LogP contribution is -2.12. The van der Waals surface area contributed by atoms with Crippen molar-refractivity contribution in [2.24, 2.45) is 5.73 Å². The summed E-state index contributed by atoms with van der Waals surface area (Å²) in [6, 6.07) is 5.39. The Morgan fingerprint density at radius 1 is 1.63 bits per heavy atom. The van der Waals surface area contributed by atoms with Crippen molar-refractivity contribution in [3.05, 3.63) is 28.8 Å². The summed E-state index contributed by atoms with van der Waals surface area (Å²) in [6.45, 7) is 1.98. The molecule has 5 nitrogen and oxygen atoms in total. The van der Waals surface area contributed by atoms with Crippen LogP contribution in [0, 0.1) is 11.3 Å². The highest BCUT2D eigenvalue weighted by atomic mass is 16.5. The van der Waals surface area contributed by atoms with Crippen molar-refractivity contribution >= 4 is 12.0 Å². The number of hydrogen-bond acceptors (Lipinski definition) is 4. The average Bonchev–Trinajstić information content (AvgIpc) is 2.73. The van der Waals surface area contributed by atoms with Gasteiger partial charge < -0.3 is 15.2 Å². The molecule has 1 aromatic rings. The standard InChI is InChI=1S/C14H14N2O3/c1-8-3-9-5-12(18-2)10(6-13(9)19-8)4-11(7-15)14(16)17/h4-6,8H,3H2,1-2H3,(H2,16,17)/b11-4+. The number of fused-ring (bicyclic) bond motifs is 1. The monoisotopic (exact) mass is 258 g/mol. The summed E-state index contributed by atoms with van der Waals surface area (Å²) in [5, 5.41) is 8.87. The first-order valence-electron chi connectivity index (χ1n) is 5.84. The molecule has 0 aliphatic carbocycles. The maximum atomic E-state index is 11.1. The van der Waals surface area contributed by atoms with E-state index < -0.39 is 5.91 Å². The van der Waals surface area contributed by atoms with Crippen molar-refractivity contribution < 1.29 is 14.3 Å². The zero-order valence-electron chi connectivity index (χ0n) is 10.8. The van der Waals surface area contributed by atoms with Gasteiger partial charge in [-0.05, 0) is 25.1 Å². The smallest absolute Gasteiger partial charge is 0.259 e. The summed E-state index contributed by atoms with van der Waals surface area (Å²) in [5.41, 5.74) is 6.66. The Hall–Kier alpha value is -2.48. The Balaban J connectivity index is 2.50. The number of methoxy groups -OCH3 is 1. The van der Waals surface area contributed by atoms with Crippen molar-refractivity contribution in [2.45, 2.75) is 19.4 Å². The Morgan fingerprint density at radius 3 is 2.95 bits per heavy atom. The highest BCUT2D eigenvalue weighted by Crippen LogP contribution is 2.35. The normalized spacial score (nSPS) is 17.3. The van der Waals surface area contributed by atoms with Gasteiger partial charge in [0.2, 0.25) is 0 Å². The van der Waals surface area contributed by atoms with Crippen LogP contribution in [0.15, 0.2) is 17.7 Å². The minimum Gasteiger partial charge on any atom is -0.496 e. The van der Waals surface area contributed by atoms with Gasteiger partial charge in [0.15, 0.2) is 0 Å². The Morgan fingerprint density at radius 2 is 2.37 bits per heavy atom. The van der Waals surface area contributed by atoms with Gasteiger partial charge in [0.05, 0.1) is 7.11 Å². The number of primary amides is 1. The summed E-state index contributed by atoms with van der Waals surface area (Å²) in [7, 11) is 1.54. The Bertz CT molecular complexity index is 599. The molecular weight excluding hydrogens is 244 g/mol. The summed E-state index contributed by atoms with van der Waals surface area (Å²) >= 11 is 0. The van der Waals surface area contributed by atoms with Gasteiger partial charge in [-0.25, -0.2) is 0 Å². The fourth-order valence-corrected chi connectivity index (χ4v) is 2.06. The first-order valence-corrected chi connectivity index (χ1v) is 5.84. The molecule has 1 aliphatic rings. The maximum Gasteiger partial charge on any atom is 0.259 e. The molecule has 98 valence electrons. The van der Waals surface area contributed by atoms with E-state index in [0.29, 0.717) is 11.3 Å². The summed E-state index contributed by atoms with van der Waals surface area (Å²) in [5.74, 6) is 0.575. The minimum atomic E-state index is -0.765. The Kier molecular flexibility index (Phi) is 3.43. The predicted molar refractivity (Wildman–Crippen MR) is 69.6 cm³/mol. The predicted octanol–water partition coefficient (Wildman–Crippen LogP) is 1.41. The van der Waals surface area contributed by atoms with Crippen molar-refractivity contribution in [1.82, 2.24) is 0 Å². The molecule has 2 N–H and O–H groups in total. The number of ether oxygens (including phenoxy) is 2. The number of nitrogens with zero attached hydrogens (tertiary/aromatic N) is 1. The lowest BCUT2D eigenvalue weighted by Gasteiger charge is -2.08. The molecule has 0 fully saturated rings. The molecule has 19 heavy (non-hydrogen) atoms. The van der Waals surface area contributed by atoms with Crippen molar-refractivity contribution in [3.63, 3.8) is 0 Å². The molecule has 1 amide bonds. The summed E-state index contributed by atoms with van der Waals surface area (Å²) in [4.78, 5) is 11.1. The van der Waals surface area contributed by atoms with Gasteiger partial charge >= 0.3 is 0 Å². The van der Waals surface area contributed by atoms with Gasteiger partial charge in [-0.3, -0.25) is 4.79 Å². The number of benzene rings is 1. The van der Waals surface area contributed by atoms with E-state index in [4.69, 9.17) is 20.5 Å². The minimum absolute atomic E-state index is 0.116. The molecule has 0 aromatic heterocycles. The van der Waals surface area contributed by atoms with Gasteiger partial charge in [-0.2, -0.15) is 5.26 Å². The fraction of sp³-hybridized carbons (Fsp3) is 0.286. The van der Waals surface area contributed by atoms with E-state index in [9.17, 15) is 4.79 Å². The second-order valence-electron chi connectivity index (χ2n) is 4.37. The molecule has 5 heteroatoms. The number of nitrogens with two attached hydrogens (primary N) is 1. The molecule has 1 heterocycles. The molecular formula is C14H14N2O3. The highest BCUT2D eigenvalue weighted by Gasteiger charge is 2.21. The van der Waals surface area contributed by atoms with Crippen LogP contribution in [0.25, 0.3) is 6.08 Å². The van der Waals surface area contributed by atoms with E-state index in [-0.39, 0.29) is 11.7 Å². The molecule has 1 aliphatic heterocycles. The third kappa shape index (κ3) is 2.52. The van der Waals surface area contributed by atoms with E-state index in [2.05, 4.69) is 0 Å². The van der Waals surface area contributed by atoms with Crippen molar-refractivity contribution in [1.29, 1.82) is 5.26 Å². The highest BCUT2D eigenvalue weighted by molar-refractivity contribution is 6.00. The number of hydrogen-bond donors (Lipinski definition) is 1. The van der Waals surface area contributed by atoms with Crippen LogP contribution in [0.2, 0.25) is 0 Å². The van der Waals surface area contributed by atoms with E-state index in [1.165, 1.54) is 13.2 Å². The van der Waals surface area contributed by atoms with E-state index >= 15 is 0 Å².